The second kappa shape index (κ2) is 8.35. The van der Waals surface area contributed by atoms with Gasteiger partial charge in [-0.15, -0.1) is 0 Å². The lowest BCUT2D eigenvalue weighted by atomic mass is 10.1. The van der Waals surface area contributed by atoms with E-state index in [0.29, 0.717) is 12.5 Å². The van der Waals surface area contributed by atoms with Gasteiger partial charge in [0.25, 0.3) is 5.91 Å². The van der Waals surface area contributed by atoms with Crippen LogP contribution in [0.15, 0.2) is 30.6 Å². The first-order valence-corrected chi connectivity index (χ1v) is 8.28. The Morgan fingerprint density at radius 2 is 1.88 bits per heavy atom. The van der Waals surface area contributed by atoms with E-state index in [1.807, 2.05) is 13.8 Å². The van der Waals surface area contributed by atoms with Crippen molar-refractivity contribution in [2.45, 2.75) is 26.4 Å². The SMILES string of the molecule is CC(C)CCNC(=O)c1cnc(Nc2ccc(Cl)cc2C(F)(F)F)nc1. The Morgan fingerprint density at radius 1 is 1.23 bits per heavy atom. The largest absolute Gasteiger partial charge is 0.418 e. The van der Waals surface area contributed by atoms with Gasteiger partial charge in [0.2, 0.25) is 5.95 Å². The van der Waals surface area contributed by atoms with Crippen molar-refractivity contribution < 1.29 is 18.0 Å². The van der Waals surface area contributed by atoms with E-state index in [4.69, 9.17) is 11.6 Å². The van der Waals surface area contributed by atoms with Gasteiger partial charge in [-0.1, -0.05) is 25.4 Å². The predicted octanol–water partition coefficient (Wildman–Crippen LogP) is 4.67. The summed E-state index contributed by atoms with van der Waals surface area (Å²) in [5, 5.41) is 5.20. The second-order valence-electron chi connectivity index (χ2n) is 6.05. The molecule has 1 heterocycles. The molecular weight excluding hydrogens is 369 g/mol. The molecule has 0 aliphatic carbocycles. The number of carbonyl (C=O) groups excluding carboxylic acids is 1. The fraction of sp³-hybridized carbons (Fsp3) is 0.353. The van der Waals surface area contributed by atoms with Crippen LogP contribution < -0.4 is 10.6 Å². The molecule has 0 saturated heterocycles. The number of halogens is 4. The third kappa shape index (κ3) is 5.59. The topological polar surface area (TPSA) is 66.9 Å². The van der Waals surface area contributed by atoms with Crippen molar-refractivity contribution >= 4 is 29.1 Å². The standard InChI is InChI=1S/C17H18ClF3N4O/c1-10(2)5-6-22-15(26)11-8-23-16(24-9-11)25-14-4-3-12(18)7-13(14)17(19,20)21/h3-4,7-10H,5-6H2,1-2H3,(H,22,26)(H,23,24,25). The number of hydrogen-bond donors (Lipinski definition) is 2. The summed E-state index contributed by atoms with van der Waals surface area (Å²) in [5.74, 6) is 0.0663. The van der Waals surface area contributed by atoms with Crippen LogP contribution >= 0.6 is 11.6 Å². The Bertz CT molecular complexity index is 764. The Hall–Kier alpha value is -2.35. The molecule has 0 aliphatic rings. The molecule has 2 rings (SSSR count). The molecule has 0 spiro atoms. The summed E-state index contributed by atoms with van der Waals surface area (Å²) >= 11 is 5.64. The van der Waals surface area contributed by atoms with Gasteiger partial charge >= 0.3 is 6.18 Å². The Labute approximate surface area is 154 Å². The third-order valence-corrected chi connectivity index (χ3v) is 3.69. The van der Waals surface area contributed by atoms with Crippen molar-refractivity contribution in [2.24, 2.45) is 5.92 Å². The van der Waals surface area contributed by atoms with E-state index in [1.54, 1.807) is 0 Å². The molecule has 9 heteroatoms. The van der Waals surface area contributed by atoms with Gasteiger partial charge in [-0.2, -0.15) is 13.2 Å². The summed E-state index contributed by atoms with van der Waals surface area (Å²) in [5.41, 5.74) is -0.924. The van der Waals surface area contributed by atoms with Crippen LogP contribution in [0, 0.1) is 5.92 Å². The zero-order valence-electron chi connectivity index (χ0n) is 14.2. The van der Waals surface area contributed by atoms with Crippen LogP contribution in [0.3, 0.4) is 0 Å². The molecule has 1 amide bonds. The molecule has 26 heavy (non-hydrogen) atoms. The van der Waals surface area contributed by atoms with Crippen LogP contribution in [0.1, 0.15) is 36.2 Å². The molecule has 0 atom stereocenters. The summed E-state index contributed by atoms with van der Waals surface area (Å²) < 4.78 is 39.3. The number of anilines is 2. The van der Waals surface area contributed by atoms with E-state index in [2.05, 4.69) is 20.6 Å². The summed E-state index contributed by atoms with van der Waals surface area (Å²) in [6, 6.07) is 3.34. The number of hydrogen-bond acceptors (Lipinski definition) is 4. The van der Waals surface area contributed by atoms with Gasteiger partial charge in [0.15, 0.2) is 0 Å². The minimum atomic E-state index is -4.58. The minimum absolute atomic E-state index is 0.0304. The van der Waals surface area contributed by atoms with Gasteiger partial charge in [0.1, 0.15) is 0 Å². The monoisotopic (exact) mass is 386 g/mol. The van der Waals surface area contributed by atoms with Crippen molar-refractivity contribution in [1.82, 2.24) is 15.3 Å². The molecule has 5 nitrogen and oxygen atoms in total. The van der Waals surface area contributed by atoms with Gasteiger partial charge in [0.05, 0.1) is 16.8 Å². The first-order valence-electron chi connectivity index (χ1n) is 7.91. The van der Waals surface area contributed by atoms with E-state index in [1.165, 1.54) is 24.5 Å². The van der Waals surface area contributed by atoms with Gasteiger partial charge in [-0.05, 0) is 30.5 Å². The van der Waals surface area contributed by atoms with Crippen LogP contribution in [0.25, 0.3) is 0 Å². The number of benzene rings is 1. The highest BCUT2D eigenvalue weighted by atomic mass is 35.5. The molecule has 1 aromatic carbocycles. The highest BCUT2D eigenvalue weighted by Crippen LogP contribution is 2.37. The van der Waals surface area contributed by atoms with Gasteiger partial charge < -0.3 is 10.6 Å². The Morgan fingerprint density at radius 3 is 2.46 bits per heavy atom. The van der Waals surface area contributed by atoms with Crippen LogP contribution in [0.4, 0.5) is 24.8 Å². The highest BCUT2D eigenvalue weighted by molar-refractivity contribution is 6.30. The molecule has 0 bridgehead atoms. The van der Waals surface area contributed by atoms with Crippen molar-refractivity contribution in [1.29, 1.82) is 0 Å². The van der Waals surface area contributed by atoms with Gasteiger partial charge in [0, 0.05) is 24.0 Å². The smallest absolute Gasteiger partial charge is 0.352 e. The molecule has 140 valence electrons. The lowest BCUT2D eigenvalue weighted by molar-refractivity contribution is -0.136. The molecule has 0 radical (unpaired) electrons. The fourth-order valence-electron chi connectivity index (χ4n) is 2.07. The van der Waals surface area contributed by atoms with Crippen molar-refractivity contribution in [2.75, 3.05) is 11.9 Å². The fourth-order valence-corrected chi connectivity index (χ4v) is 2.24. The quantitative estimate of drug-likeness (QED) is 0.757. The van der Waals surface area contributed by atoms with Crippen LogP contribution in [-0.4, -0.2) is 22.4 Å². The number of nitrogens with zero attached hydrogens (tertiary/aromatic N) is 2. The number of aromatic nitrogens is 2. The maximum absolute atomic E-state index is 13.1. The van der Waals surface area contributed by atoms with Crippen molar-refractivity contribution in [3.8, 4) is 0 Å². The van der Waals surface area contributed by atoms with Gasteiger partial charge in [-0.3, -0.25) is 4.79 Å². The van der Waals surface area contributed by atoms with Crippen LogP contribution in [0.5, 0.6) is 0 Å². The zero-order valence-corrected chi connectivity index (χ0v) is 14.9. The van der Waals surface area contributed by atoms with E-state index < -0.39 is 11.7 Å². The molecular formula is C17H18ClF3N4O. The first-order chi connectivity index (χ1) is 12.2. The summed E-state index contributed by atoms with van der Waals surface area (Å²) in [6.07, 6.45) is -1.24. The average Bonchev–Trinajstić information content (AvgIpc) is 2.56. The lowest BCUT2D eigenvalue weighted by Crippen LogP contribution is -2.25. The van der Waals surface area contributed by atoms with Gasteiger partial charge in [-0.25, -0.2) is 9.97 Å². The highest BCUT2D eigenvalue weighted by Gasteiger charge is 2.34. The summed E-state index contributed by atoms with van der Waals surface area (Å²) in [7, 11) is 0. The van der Waals surface area contributed by atoms with Crippen LogP contribution in [0.2, 0.25) is 5.02 Å². The van der Waals surface area contributed by atoms with E-state index >= 15 is 0 Å². The number of alkyl halides is 3. The zero-order chi connectivity index (χ0) is 19.3. The van der Waals surface area contributed by atoms with E-state index in [9.17, 15) is 18.0 Å². The van der Waals surface area contributed by atoms with E-state index in [-0.39, 0.29) is 28.1 Å². The summed E-state index contributed by atoms with van der Waals surface area (Å²) in [6.45, 7) is 4.61. The normalized spacial score (nSPS) is 11.5. The molecule has 1 aromatic heterocycles. The maximum atomic E-state index is 13.1. The molecule has 0 unspecified atom stereocenters. The minimum Gasteiger partial charge on any atom is -0.352 e. The van der Waals surface area contributed by atoms with E-state index in [0.717, 1.165) is 12.5 Å². The molecule has 0 fully saturated rings. The number of amides is 1. The molecule has 2 aromatic rings. The molecule has 2 N–H and O–H groups in total. The van der Waals surface area contributed by atoms with Crippen LogP contribution in [-0.2, 0) is 6.18 Å². The third-order valence-electron chi connectivity index (χ3n) is 3.45. The Balaban J connectivity index is 2.09. The number of nitrogens with one attached hydrogen (secondary N) is 2. The second-order valence-corrected chi connectivity index (χ2v) is 6.48. The number of carbonyl (C=O) groups is 1. The predicted molar refractivity (Wildman–Crippen MR) is 93.6 cm³/mol. The summed E-state index contributed by atoms with van der Waals surface area (Å²) in [4.78, 5) is 19.7. The number of rotatable bonds is 6. The molecule has 0 saturated carbocycles. The van der Waals surface area contributed by atoms with Crippen molar-refractivity contribution in [3.05, 3.63) is 46.7 Å². The molecule has 0 aliphatic heterocycles. The average molecular weight is 387 g/mol. The maximum Gasteiger partial charge on any atom is 0.418 e. The first kappa shape index (κ1) is 20.0. The lowest BCUT2D eigenvalue weighted by Gasteiger charge is -2.14. The Kier molecular flexibility index (Phi) is 6.42. The van der Waals surface area contributed by atoms with Crippen molar-refractivity contribution in [3.63, 3.8) is 0 Å².